The maximum absolute atomic E-state index is 13.5. The number of allylic oxidation sites excluding steroid dienone is 8. The third-order valence-electron chi connectivity index (χ3n) is 22.2. The Morgan fingerprint density at radius 1 is 0.346 bits per heavy atom. The van der Waals surface area contributed by atoms with Crippen molar-refractivity contribution in [3.05, 3.63) is 48.6 Å². The van der Waals surface area contributed by atoms with Crippen molar-refractivity contribution in [2.24, 2.45) is 0 Å². The van der Waals surface area contributed by atoms with Gasteiger partial charge in [0.2, 0.25) is 5.91 Å². The molecule has 0 aromatic carbocycles. The van der Waals surface area contributed by atoms with Gasteiger partial charge in [0.1, 0.15) is 73.2 Å². The topological polar surface area (TPSA) is 307 Å². The molecule has 1 amide bonds. The number of nitrogens with one attached hydrogen (secondary N) is 1. The summed E-state index contributed by atoms with van der Waals surface area (Å²) >= 11 is 0. The van der Waals surface area contributed by atoms with Gasteiger partial charge in [0, 0.05) is 6.42 Å². The van der Waals surface area contributed by atoms with Gasteiger partial charge in [-0.3, -0.25) is 4.79 Å². The maximum Gasteiger partial charge on any atom is 0.220 e. The minimum atomic E-state index is -1.97. The highest BCUT2D eigenvalue weighted by molar-refractivity contribution is 5.76. The van der Waals surface area contributed by atoms with Crippen LogP contribution in [0.1, 0.15) is 373 Å². The van der Waals surface area contributed by atoms with Crippen molar-refractivity contribution in [2.75, 3.05) is 26.4 Å². The number of rotatable bonds is 72. The van der Waals surface area contributed by atoms with Crippen LogP contribution in [0, 0.1) is 0 Å². The smallest absolute Gasteiger partial charge is 0.220 e. The minimum absolute atomic E-state index is 0.237. The van der Waals surface area contributed by atoms with Crippen molar-refractivity contribution in [3.8, 4) is 0 Å². The van der Waals surface area contributed by atoms with E-state index >= 15 is 0 Å². The molecule has 17 unspecified atom stereocenters. The fourth-order valence-electron chi connectivity index (χ4n) is 15.1. The van der Waals surface area contributed by atoms with Gasteiger partial charge in [-0.05, 0) is 51.4 Å². The molecule has 0 bridgehead atoms. The van der Waals surface area contributed by atoms with Gasteiger partial charge >= 0.3 is 0 Å². The van der Waals surface area contributed by atoms with E-state index in [1.807, 2.05) is 0 Å². The van der Waals surface area contributed by atoms with E-state index in [-0.39, 0.29) is 18.9 Å². The van der Waals surface area contributed by atoms with Crippen molar-refractivity contribution < 1.29 is 89.4 Å². The predicted molar refractivity (Wildman–Crippen MR) is 429 cm³/mol. The number of unbranched alkanes of at least 4 members (excludes halogenated alkanes) is 48. The molecule has 107 heavy (non-hydrogen) atoms. The van der Waals surface area contributed by atoms with Crippen LogP contribution in [0.15, 0.2) is 48.6 Å². The largest absolute Gasteiger partial charge is 0.394 e. The molecule has 0 aliphatic carbocycles. The molecule has 12 N–H and O–H groups in total. The Kier molecular flexibility index (Phi) is 63.0. The maximum atomic E-state index is 13.5. The van der Waals surface area contributed by atoms with Crippen LogP contribution in [0.2, 0.25) is 0 Å². The molecule has 17 atom stereocenters. The third kappa shape index (κ3) is 47.3. The summed E-state index contributed by atoms with van der Waals surface area (Å²) in [7, 11) is 0. The summed E-state index contributed by atoms with van der Waals surface area (Å²) in [6, 6.07) is -0.890. The van der Waals surface area contributed by atoms with E-state index in [0.29, 0.717) is 12.8 Å². The average Bonchev–Trinajstić information content (AvgIpc) is 0.781. The van der Waals surface area contributed by atoms with Crippen LogP contribution in [-0.4, -0.2) is 193 Å². The summed E-state index contributed by atoms with van der Waals surface area (Å²) in [4.78, 5) is 13.5. The molecule has 3 fully saturated rings. The van der Waals surface area contributed by atoms with E-state index < -0.39 is 124 Å². The normalized spacial score (nSPS) is 25.7. The molecule has 0 saturated carbocycles. The fourth-order valence-corrected chi connectivity index (χ4v) is 15.1. The van der Waals surface area contributed by atoms with Crippen LogP contribution in [0.25, 0.3) is 0 Å². The van der Waals surface area contributed by atoms with Crippen molar-refractivity contribution in [1.29, 1.82) is 0 Å². The van der Waals surface area contributed by atoms with Crippen LogP contribution < -0.4 is 5.32 Å². The molecule has 3 aliphatic rings. The third-order valence-corrected chi connectivity index (χ3v) is 22.2. The molecular weight excluding hydrogens is 1360 g/mol. The van der Waals surface area contributed by atoms with E-state index in [1.165, 1.54) is 270 Å². The molecule has 19 heteroatoms. The number of ether oxygens (including phenoxy) is 6. The van der Waals surface area contributed by atoms with Gasteiger partial charge in [-0.15, -0.1) is 0 Å². The second-order valence-corrected chi connectivity index (χ2v) is 31.7. The highest BCUT2D eigenvalue weighted by atomic mass is 16.8. The first-order valence-electron chi connectivity index (χ1n) is 44.4. The molecule has 3 heterocycles. The first-order valence-corrected chi connectivity index (χ1v) is 44.4. The Bertz CT molecular complexity index is 2120. The molecule has 3 saturated heterocycles. The Morgan fingerprint density at radius 3 is 1.01 bits per heavy atom. The lowest BCUT2D eigenvalue weighted by Crippen LogP contribution is -2.66. The molecule has 628 valence electrons. The highest BCUT2D eigenvalue weighted by Gasteiger charge is 2.54. The molecular formula is C88H163NO18. The van der Waals surface area contributed by atoms with Gasteiger partial charge in [-0.2, -0.15) is 0 Å². The number of aliphatic hydroxyl groups excluding tert-OH is 11. The van der Waals surface area contributed by atoms with Crippen molar-refractivity contribution in [1.82, 2.24) is 5.32 Å². The van der Waals surface area contributed by atoms with Gasteiger partial charge < -0.3 is 89.9 Å². The SMILES string of the molecule is CC/C=C\C/C=C\C/C=C\C/C=C\CCCCCCCCCCCCCCCCCCC(=O)NC(COC1OC(CO)C(OC2OC(CO)C(OC3OC(CO)C(O)C(O)C3O)C(O)C2O)C(O)C1O)C(O)CCCCCCCCCCCCCCCCCCCCCCCCCCCCCCCCCCC. The van der Waals surface area contributed by atoms with Crippen LogP contribution in [0.3, 0.4) is 0 Å². The number of hydrogen-bond acceptors (Lipinski definition) is 18. The quantitative estimate of drug-likeness (QED) is 0.0199. The first-order chi connectivity index (χ1) is 52.3. The van der Waals surface area contributed by atoms with Crippen molar-refractivity contribution in [3.63, 3.8) is 0 Å². The Labute approximate surface area is 650 Å². The van der Waals surface area contributed by atoms with E-state index in [2.05, 4.69) is 67.8 Å². The van der Waals surface area contributed by atoms with Crippen molar-refractivity contribution in [2.45, 2.75) is 478 Å². The number of hydrogen-bond donors (Lipinski definition) is 12. The molecule has 0 aromatic rings. The summed E-state index contributed by atoms with van der Waals surface area (Å²) in [6.45, 7) is 1.75. The second-order valence-electron chi connectivity index (χ2n) is 31.7. The van der Waals surface area contributed by atoms with Gasteiger partial charge in [0.05, 0.1) is 38.6 Å². The van der Waals surface area contributed by atoms with E-state index in [0.717, 1.165) is 70.6 Å². The minimum Gasteiger partial charge on any atom is -0.394 e. The highest BCUT2D eigenvalue weighted by Crippen LogP contribution is 2.34. The summed E-state index contributed by atoms with van der Waals surface area (Å²) < 4.78 is 34.6. The monoisotopic (exact) mass is 1520 g/mol. The zero-order valence-electron chi connectivity index (χ0n) is 67.6. The van der Waals surface area contributed by atoms with E-state index in [1.54, 1.807) is 0 Å². The van der Waals surface area contributed by atoms with Crippen LogP contribution >= 0.6 is 0 Å². The Morgan fingerprint density at radius 2 is 0.645 bits per heavy atom. The van der Waals surface area contributed by atoms with Crippen LogP contribution in [0.5, 0.6) is 0 Å². The van der Waals surface area contributed by atoms with E-state index in [9.17, 15) is 61.0 Å². The molecule has 3 aliphatic heterocycles. The lowest BCUT2D eigenvalue weighted by Gasteiger charge is -2.48. The molecule has 3 rings (SSSR count). The van der Waals surface area contributed by atoms with Crippen LogP contribution in [-0.2, 0) is 33.2 Å². The standard InChI is InChI=1S/C88H163NO18/c1-3-5-7-9-11-13-15-17-19-21-23-25-27-29-31-33-34-35-36-38-39-41-43-45-47-49-51-53-55-57-59-61-63-65-72(93)71(89-76(94)66-64-62-60-58-56-54-52-50-48-46-44-42-40-37-32-30-28-26-24-22-20-18-16-14-12-10-8-6-4-2)70-102-86-82(100)79(97)84(74(68-91)104-86)107-88-83(101)80(98)85(75(69-92)105-88)106-87-81(99)78(96)77(95)73(67-90)103-87/h6,8,12,14,18,20,24,26,71-75,77-88,90-93,95-101H,3-5,7,9-11,13,15-17,19,21-23,25,27-70H2,1-2H3,(H,89,94)/b8-6-,14-12-,20-18-,26-24-. The van der Waals surface area contributed by atoms with Crippen molar-refractivity contribution >= 4 is 5.91 Å². The summed E-state index contributed by atoms with van der Waals surface area (Å²) in [5.74, 6) is -0.237. The number of aliphatic hydroxyl groups is 11. The number of carbonyl (C=O) groups is 1. The predicted octanol–water partition coefficient (Wildman–Crippen LogP) is 16.4. The van der Waals surface area contributed by atoms with Gasteiger partial charge in [-0.25, -0.2) is 0 Å². The van der Waals surface area contributed by atoms with Gasteiger partial charge in [-0.1, -0.05) is 364 Å². The molecule has 0 radical (unpaired) electrons. The molecule has 19 nitrogen and oxygen atoms in total. The number of amides is 1. The van der Waals surface area contributed by atoms with Gasteiger partial charge in [0.25, 0.3) is 0 Å². The zero-order chi connectivity index (χ0) is 77.4. The Hall–Kier alpha value is -2.25. The summed E-state index contributed by atoms with van der Waals surface area (Å²) in [6.07, 6.45) is 60.7. The van der Waals surface area contributed by atoms with Crippen LogP contribution in [0.4, 0.5) is 0 Å². The molecule has 0 aromatic heterocycles. The fraction of sp³-hybridized carbons (Fsp3) is 0.898. The summed E-state index contributed by atoms with van der Waals surface area (Å²) in [5, 5.41) is 121. The summed E-state index contributed by atoms with van der Waals surface area (Å²) in [5.41, 5.74) is 0. The lowest BCUT2D eigenvalue weighted by atomic mass is 9.96. The average molecular weight is 1520 g/mol. The molecule has 0 spiro atoms. The lowest BCUT2D eigenvalue weighted by molar-refractivity contribution is -0.379. The van der Waals surface area contributed by atoms with Gasteiger partial charge in [0.15, 0.2) is 18.9 Å². The first kappa shape index (κ1) is 98.9. The van der Waals surface area contributed by atoms with E-state index in [4.69, 9.17) is 28.4 Å². The zero-order valence-corrected chi connectivity index (χ0v) is 67.6. The number of carbonyl (C=O) groups excluding carboxylic acids is 1. The Balaban J connectivity index is 1.33. The second kappa shape index (κ2) is 68.2.